The van der Waals surface area contributed by atoms with Crippen LogP contribution in [0.1, 0.15) is 31.4 Å². The Bertz CT molecular complexity index is 988. The summed E-state index contributed by atoms with van der Waals surface area (Å²) in [7, 11) is 0. The third-order valence-electron chi connectivity index (χ3n) is 3.37. The first-order valence-electron chi connectivity index (χ1n) is 7.71. The van der Waals surface area contributed by atoms with E-state index in [2.05, 4.69) is 37.1 Å². The fraction of sp³-hybridized carbons (Fsp3) is 0. The Morgan fingerprint density at radius 3 is 2.41 bits per heavy atom. The minimum Gasteiger partial charge on any atom is -0.444 e. The molecule has 0 bridgehead atoms. The van der Waals surface area contributed by atoms with E-state index in [4.69, 9.17) is 4.42 Å². The molecule has 0 radical (unpaired) electrons. The minimum atomic E-state index is -0.545. The highest BCUT2D eigenvalue weighted by atomic mass is 79.9. The first-order valence-corrected chi connectivity index (χ1v) is 8.51. The van der Waals surface area contributed by atoms with Crippen LogP contribution in [0.2, 0.25) is 0 Å². The Morgan fingerprint density at radius 1 is 0.889 bits per heavy atom. The number of anilines is 1. The number of rotatable bonds is 4. The molecule has 0 saturated heterocycles. The number of amides is 3. The lowest BCUT2D eigenvalue weighted by atomic mass is 10.2. The van der Waals surface area contributed by atoms with Gasteiger partial charge in [0, 0.05) is 17.4 Å². The average Bonchev–Trinajstić information content (AvgIpc) is 3.13. The van der Waals surface area contributed by atoms with Crippen LogP contribution in [0, 0.1) is 0 Å². The van der Waals surface area contributed by atoms with Crippen LogP contribution >= 0.6 is 15.9 Å². The van der Waals surface area contributed by atoms with E-state index in [-0.39, 0.29) is 17.0 Å². The van der Waals surface area contributed by atoms with E-state index in [0.29, 0.717) is 10.4 Å². The van der Waals surface area contributed by atoms with Crippen molar-refractivity contribution in [2.45, 2.75) is 0 Å². The number of halogens is 1. The van der Waals surface area contributed by atoms with Gasteiger partial charge < -0.3 is 9.73 Å². The second kappa shape index (κ2) is 8.28. The molecule has 0 aliphatic carbocycles. The summed E-state index contributed by atoms with van der Waals surface area (Å²) in [6, 6.07) is 14.2. The molecular formula is C18H13BrN4O4. The summed E-state index contributed by atoms with van der Waals surface area (Å²) in [6.45, 7) is 0. The summed E-state index contributed by atoms with van der Waals surface area (Å²) < 4.78 is 5.61. The van der Waals surface area contributed by atoms with Gasteiger partial charge in [-0.1, -0.05) is 12.1 Å². The molecule has 0 fully saturated rings. The zero-order valence-electron chi connectivity index (χ0n) is 13.7. The third-order valence-corrected chi connectivity index (χ3v) is 3.79. The van der Waals surface area contributed by atoms with Crippen molar-refractivity contribution < 1.29 is 18.8 Å². The summed E-state index contributed by atoms with van der Waals surface area (Å²) in [5, 5.41) is 2.63. The van der Waals surface area contributed by atoms with E-state index in [9.17, 15) is 14.4 Å². The van der Waals surface area contributed by atoms with Gasteiger partial charge in [-0.2, -0.15) is 0 Å². The van der Waals surface area contributed by atoms with Gasteiger partial charge >= 0.3 is 0 Å². The maximum atomic E-state index is 12.2. The van der Waals surface area contributed by atoms with E-state index in [1.165, 1.54) is 24.4 Å². The second-order valence-electron chi connectivity index (χ2n) is 5.26. The standard InChI is InChI=1S/C18H13BrN4O4/c19-15-8-7-14(27-15)18(26)21-12-5-3-4-11(10-12)16(24)22-23-17(25)13-6-1-2-9-20-13/h1-10H,(H,21,26)(H,22,24)(H,23,25). The van der Waals surface area contributed by atoms with Gasteiger partial charge in [0.1, 0.15) is 5.69 Å². The number of pyridine rings is 1. The molecule has 27 heavy (non-hydrogen) atoms. The molecule has 0 aliphatic rings. The number of aromatic nitrogens is 1. The monoisotopic (exact) mass is 428 g/mol. The average molecular weight is 429 g/mol. The molecule has 0 aliphatic heterocycles. The van der Waals surface area contributed by atoms with Crippen LogP contribution in [-0.4, -0.2) is 22.7 Å². The number of hydrogen-bond donors (Lipinski definition) is 3. The molecule has 2 aromatic heterocycles. The van der Waals surface area contributed by atoms with E-state index in [1.54, 1.807) is 36.4 Å². The summed E-state index contributed by atoms with van der Waals surface area (Å²) >= 11 is 3.12. The molecule has 3 amide bonds. The number of hydrazine groups is 1. The minimum absolute atomic E-state index is 0.124. The van der Waals surface area contributed by atoms with Crippen molar-refractivity contribution >= 4 is 39.3 Å². The zero-order valence-corrected chi connectivity index (χ0v) is 15.3. The van der Waals surface area contributed by atoms with Crippen LogP contribution in [0.5, 0.6) is 0 Å². The quantitative estimate of drug-likeness (QED) is 0.552. The van der Waals surface area contributed by atoms with Crippen molar-refractivity contribution in [3.8, 4) is 0 Å². The van der Waals surface area contributed by atoms with E-state index < -0.39 is 17.7 Å². The van der Waals surface area contributed by atoms with Crippen molar-refractivity contribution in [1.82, 2.24) is 15.8 Å². The SMILES string of the molecule is O=C(NNC(=O)c1ccccn1)c1cccc(NC(=O)c2ccc(Br)o2)c1. The number of carbonyl (C=O) groups excluding carboxylic acids is 3. The van der Waals surface area contributed by atoms with Gasteiger partial charge in [0.05, 0.1) is 0 Å². The van der Waals surface area contributed by atoms with Crippen molar-refractivity contribution in [1.29, 1.82) is 0 Å². The van der Waals surface area contributed by atoms with Gasteiger partial charge in [-0.25, -0.2) is 0 Å². The summed E-state index contributed by atoms with van der Waals surface area (Å²) in [5.74, 6) is -1.42. The molecule has 0 spiro atoms. The van der Waals surface area contributed by atoms with Crippen molar-refractivity contribution in [3.05, 3.63) is 82.5 Å². The summed E-state index contributed by atoms with van der Waals surface area (Å²) in [5.41, 5.74) is 5.39. The first kappa shape index (κ1) is 18.3. The van der Waals surface area contributed by atoms with Crippen LogP contribution in [0.25, 0.3) is 0 Å². The van der Waals surface area contributed by atoms with E-state index >= 15 is 0 Å². The Hall–Kier alpha value is -3.46. The van der Waals surface area contributed by atoms with Gasteiger partial charge in [-0.3, -0.25) is 30.2 Å². The number of hydrogen-bond acceptors (Lipinski definition) is 5. The van der Waals surface area contributed by atoms with Crippen LogP contribution in [0.15, 0.2) is 69.9 Å². The lowest BCUT2D eigenvalue weighted by Crippen LogP contribution is -2.41. The number of benzene rings is 1. The lowest BCUT2D eigenvalue weighted by molar-refractivity contribution is 0.0844. The molecule has 0 unspecified atom stereocenters. The number of carbonyl (C=O) groups is 3. The highest BCUT2D eigenvalue weighted by Gasteiger charge is 2.13. The van der Waals surface area contributed by atoms with Crippen LogP contribution < -0.4 is 16.2 Å². The fourth-order valence-corrected chi connectivity index (χ4v) is 2.42. The molecule has 9 heteroatoms. The van der Waals surface area contributed by atoms with Gasteiger partial charge in [-0.05, 0) is 58.4 Å². The van der Waals surface area contributed by atoms with Crippen molar-refractivity contribution in [2.75, 3.05) is 5.32 Å². The van der Waals surface area contributed by atoms with Gasteiger partial charge in [-0.15, -0.1) is 0 Å². The zero-order chi connectivity index (χ0) is 19.2. The maximum Gasteiger partial charge on any atom is 0.291 e. The predicted molar refractivity (Wildman–Crippen MR) is 100.0 cm³/mol. The predicted octanol–water partition coefficient (Wildman–Crippen LogP) is 2.76. The van der Waals surface area contributed by atoms with Gasteiger partial charge in [0.15, 0.2) is 10.4 Å². The Morgan fingerprint density at radius 2 is 1.70 bits per heavy atom. The summed E-state index contributed by atoms with van der Waals surface area (Å²) in [4.78, 5) is 40.1. The summed E-state index contributed by atoms with van der Waals surface area (Å²) in [6.07, 6.45) is 1.47. The number of nitrogens with zero attached hydrogens (tertiary/aromatic N) is 1. The number of furan rings is 1. The van der Waals surface area contributed by atoms with Crippen LogP contribution in [-0.2, 0) is 0 Å². The topological polar surface area (TPSA) is 113 Å². The molecule has 0 saturated carbocycles. The molecular weight excluding hydrogens is 416 g/mol. The van der Waals surface area contributed by atoms with Crippen molar-refractivity contribution in [2.24, 2.45) is 0 Å². The van der Waals surface area contributed by atoms with E-state index in [0.717, 1.165) is 0 Å². The first-order chi connectivity index (χ1) is 13.0. The smallest absolute Gasteiger partial charge is 0.291 e. The van der Waals surface area contributed by atoms with Crippen LogP contribution in [0.3, 0.4) is 0 Å². The highest BCUT2D eigenvalue weighted by Crippen LogP contribution is 2.16. The Balaban J connectivity index is 1.61. The Kier molecular flexibility index (Phi) is 5.62. The maximum absolute atomic E-state index is 12.2. The Labute approximate surface area is 162 Å². The molecule has 1 aromatic carbocycles. The normalized spacial score (nSPS) is 10.1. The molecule has 3 rings (SSSR count). The third kappa shape index (κ3) is 4.79. The lowest BCUT2D eigenvalue weighted by Gasteiger charge is -2.08. The molecule has 0 atom stereocenters. The van der Waals surface area contributed by atoms with Gasteiger partial charge in [0.2, 0.25) is 0 Å². The molecule has 2 heterocycles. The highest BCUT2D eigenvalue weighted by molar-refractivity contribution is 9.10. The fourth-order valence-electron chi connectivity index (χ4n) is 2.11. The molecule has 3 aromatic rings. The second-order valence-corrected chi connectivity index (χ2v) is 6.04. The van der Waals surface area contributed by atoms with Crippen molar-refractivity contribution in [3.63, 3.8) is 0 Å². The molecule has 8 nitrogen and oxygen atoms in total. The number of nitrogens with one attached hydrogen (secondary N) is 3. The molecule has 3 N–H and O–H groups in total. The van der Waals surface area contributed by atoms with Crippen LogP contribution in [0.4, 0.5) is 5.69 Å². The van der Waals surface area contributed by atoms with Gasteiger partial charge in [0.25, 0.3) is 17.7 Å². The largest absolute Gasteiger partial charge is 0.444 e. The van der Waals surface area contributed by atoms with E-state index in [1.807, 2.05) is 0 Å². The molecule has 136 valence electrons.